The van der Waals surface area contributed by atoms with E-state index < -0.39 is 0 Å². The number of halogens is 1. The second-order valence-corrected chi connectivity index (χ2v) is 10.3. The van der Waals surface area contributed by atoms with Crippen molar-refractivity contribution in [2.75, 3.05) is 24.5 Å². The third kappa shape index (κ3) is 4.04. The number of fused-ring (bicyclic) bond motifs is 2. The van der Waals surface area contributed by atoms with Crippen molar-refractivity contribution in [1.29, 1.82) is 0 Å². The van der Waals surface area contributed by atoms with Gasteiger partial charge in [-0.2, -0.15) is 0 Å². The maximum Gasteiger partial charge on any atom is 0.270 e. The van der Waals surface area contributed by atoms with Crippen LogP contribution in [0.4, 0.5) is 10.1 Å². The molecule has 2 amide bonds. The van der Waals surface area contributed by atoms with Crippen LogP contribution >= 0.6 is 11.3 Å². The van der Waals surface area contributed by atoms with E-state index in [1.165, 1.54) is 17.7 Å². The lowest BCUT2D eigenvalue weighted by molar-refractivity contribution is -0.123. The van der Waals surface area contributed by atoms with E-state index in [1.54, 1.807) is 23.5 Å². The van der Waals surface area contributed by atoms with Gasteiger partial charge in [-0.3, -0.25) is 9.59 Å². The Morgan fingerprint density at radius 2 is 1.74 bits per heavy atom. The first-order valence-corrected chi connectivity index (χ1v) is 13.0. The summed E-state index contributed by atoms with van der Waals surface area (Å²) < 4.78 is 16.5. The fourth-order valence-electron chi connectivity index (χ4n) is 5.38. The Bertz CT molecular complexity index is 1400. The highest BCUT2D eigenvalue weighted by Crippen LogP contribution is 2.32. The van der Waals surface area contributed by atoms with Gasteiger partial charge in [0.15, 0.2) is 0 Å². The smallest absolute Gasteiger partial charge is 0.270 e. The van der Waals surface area contributed by atoms with E-state index in [0.29, 0.717) is 38.2 Å². The summed E-state index contributed by atoms with van der Waals surface area (Å²) in [5, 5.41) is 2.02. The number of likely N-dealkylation sites (tertiary alicyclic amines) is 1. The number of rotatable bonds is 4. The minimum atomic E-state index is -0.270. The van der Waals surface area contributed by atoms with E-state index in [9.17, 15) is 14.0 Å². The standard InChI is InChI=1S/C28H26FN3O2S/c29-22-7-5-19(6-8-22)18-32-24-12-16-35-26(24)17-25(32)28(34)30-13-9-21(10-14-30)27(33)31-15-11-20-3-1-2-4-23(20)31/h1-8,12,16-17,21H,9-11,13-15,18H2. The van der Waals surface area contributed by atoms with Crippen LogP contribution in [0.2, 0.25) is 0 Å². The summed E-state index contributed by atoms with van der Waals surface area (Å²) in [6, 6.07) is 18.5. The first-order chi connectivity index (χ1) is 17.1. The molecule has 0 spiro atoms. The average Bonchev–Trinajstić information content (AvgIpc) is 3.60. The van der Waals surface area contributed by atoms with E-state index in [1.807, 2.05) is 50.1 Å². The number of benzene rings is 2. The molecule has 1 saturated heterocycles. The summed E-state index contributed by atoms with van der Waals surface area (Å²) >= 11 is 1.61. The molecule has 35 heavy (non-hydrogen) atoms. The Kier molecular flexibility index (Phi) is 5.65. The van der Waals surface area contributed by atoms with Gasteiger partial charge in [-0.1, -0.05) is 30.3 Å². The highest BCUT2D eigenvalue weighted by atomic mass is 32.1. The predicted molar refractivity (Wildman–Crippen MR) is 136 cm³/mol. The van der Waals surface area contributed by atoms with Crippen LogP contribution in [0.3, 0.4) is 0 Å². The number of piperidine rings is 1. The van der Waals surface area contributed by atoms with Gasteiger partial charge >= 0.3 is 0 Å². The topological polar surface area (TPSA) is 45.6 Å². The fourth-order valence-corrected chi connectivity index (χ4v) is 6.20. The molecular weight excluding hydrogens is 461 g/mol. The number of aromatic nitrogens is 1. The fraction of sp³-hybridized carbons (Fsp3) is 0.286. The number of thiophene rings is 1. The Balaban J connectivity index is 1.17. The number of nitrogens with zero attached hydrogens (tertiary/aromatic N) is 3. The zero-order chi connectivity index (χ0) is 23.9. The van der Waals surface area contributed by atoms with Gasteiger partial charge in [0.1, 0.15) is 11.5 Å². The van der Waals surface area contributed by atoms with Crippen molar-refractivity contribution in [3.63, 3.8) is 0 Å². The van der Waals surface area contributed by atoms with Crippen molar-refractivity contribution < 1.29 is 14.0 Å². The van der Waals surface area contributed by atoms with E-state index in [0.717, 1.165) is 34.4 Å². The highest BCUT2D eigenvalue weighted by Gasteiger charge is 2.34. The molecule has 4 heterocycles. The Morgan fingerprint density at radius 3 is 2.54 bits per heavy atom. The number of anilines is 1. The zero-order valence-electron chi connectivity index (χ0n) is 19.3. The van der Waals surface area contributed by atoms with E-state index >= 15 is 0 Å². The van der Waals surface area contributed by atoms with Crippen molar-refractivity contribution in [3.8, 4) is 0 Å². The second kappa shape index (κ2) is 8.96. The van der Waals surface area contributed by atoms with Crippen LogP contribution < -0.4 is 4.90 Å². The van der Waals surface area contributed by atoms with Gasteiger partial charge < -0.3 is 14.4 Å². The Labute approximate surface area is 207 Å². The van der Waals surface area contributed by atoms with Crippen molar-refractivity contribution in [3.05, 3.63) is 88.7 Å². The maximum absolute atomic E-state index is 13.6. The Morgan fingerprint density at radius 1 is 0.971 bits per heavy atom. The van der Waals surface area contributed by atoms with Crippen LogP contribution in [0.25, 0.3) is 10.2 Å². The van der Waals surface area contributed by atoms with Crippen LogP contribution in [-0.4, -0.2) is 40.9 Å². The van der Waals surface area contributed by atoms with Crippen LogP contribution in [0.5, 0.6) is 0 Å². The summed E-state index contributed by atoms with van der Waals surface area (Å²) in [6.45, 7) is 2.38. The third-order valence-electron chi connectivity index (χ3n) is 7.28. The van der Waals surface area contributed by atoms with Crippen molar-refractivity contribution in [2.45, 2.75) is 25.8 Å². The van der Waals surface area contributed by atoms with Crippen LogP contribution in [0, 0.1) is 11.7 Å². The molecule has 7 heteroatoms. The van der Waals surface area contributed by atoms with Crippen molar-refractivity contribution in [2.24, 2.45) is 5.92 Å². The monoisotopic (exact) mass is 487 g/mol. The Hall–Kier alpha value is -3.45. The molecule has 0 atom stereocenters. The first-order valence-electron chi connectivity index (χ1n) is 12.1. The van der Waals surface area contributed by atoms with Gasteiger partial charge in [0.05, 0.1) is 10.2 Å². The molecule has 0 N–H and O–H groups in total. The van der Waals surface area contributed by atoms with Gasteiger partial charge in [0.25, 0.3) is 5.91 Å². The summed E-state index contributed by atoms with van der Waals surface area (Å²) in [5.41, 5.74) is 4.87. The first kappa shape index (κ1) is 22.0. The lowest BCUT2D eigenvalue weighted by Gasteiger charge is -2.33. The van der Waals surface area contributed by atoms with Gasteiger partial charge in [0, 0.05) is 37.8 Å². The molecule has 2 aromatic heterocycles. The lowest BCUT2D eigenvalue weighted by atomic mass is 9.95. The summed E-state index contributed by atoms with van der Waals surface area (Å²) in [6.07, 6.45) is 2.26. The molecule has 0 radical (unpaired) electrons. The van der Waals surface area contributed by atoms with Gasteiger partial charge in [0.2, 0.25) is 5.91 Å². The van der Waals surface area contributed by atoms with Crippen molar-refractivity contribution in [1.82, 2.24) is 9.47 Å². The molecule has 4 aromatic rings. The van der Waals surface area contributed by atoms with Gasteiger partial charge in [-0.15, -0.1) is 11.3 Å². The number of hydrogen-bond donors (Lipinski definition) is 0. The molecule has 178 valence electrons. The maximum atomic E-state index is 13.6. The lowest BCUT2D eigenvalue weighted by Crippen LogP contribution is -2.44. The molecule has 6 rings (SSSR count). The zero-order valence-corrected chi connectivity index (χ0v) is 20.1. The highest BCUT2D eigenvalue weighted by molar-refractivity contribution is 7.17. The summed E-state index contributed by atoms with van der Waals surface area (Å²) in [4.78, 5) is 30.7. The summed E-state index contributed by atoms with van der Waals surface area (Å²) in [5.74, 6) is -0.150. The molecule has 5 nitrogen and oxygen atoms in total. The molecule has 2 aromatic carbocycles. The number of para-hydroxylation sites is 1. The second-order valence-electron chi connectivity index (χ2n) is 9.35. The quantitative estimate of drug-likeness (QED) is 0.391. The minimum absolute atomic E-state index is 0.00655. The van der Waals surface area contributed by atoms with E-state index in [4.69, 9.17) is 0 Å². The average molecular weight is 488 g/mol. The van der Waals surface area contributed by atoms with Crippen LogP contribution in [0.1, 0.15) is 34.5 Å². The molecule has 2 aliphatic heterocycles. The molecule has 0 unspecified atom stereocenters. The van der Waals surface area contributed by atoms with Crippen molar-refractivity contribution >= 4 is 39.1 Å². The number of carbonyl (C=O) groups is 2. The minimum Gasteiger partial charge on any atom is -0.337 e. The largest absolute Gasteiger partial charge is 0.337 e. The third-order valence-corrected chi connectivity index (χ3v) is 8.13. The number of hydrogen-bond acceptors (Lipinski definition) is 3. The SMILES string of the molecule is O=C(c1cc2sccc2n1Cc1ccc(F)cc1)N1CCC(C(=O)N2CCc3ccccc32)CC1. The predicted octanol–water partition coefficient (Wildman–Crippen LogP) is 5.33. The molecule has 2 aliphatic rings. The van der Waals surface area contributed by atoms with E-state index in [-0.39, 0.29) is 23.5 Å². The number of carbonyl (C=O) groups excluding carboxylic acids is 2. The van der Waals surface area contributed by atoms with E-state index in [2.05, 4.69) is 6.07 Å². The van der Waals surface area contributed by atoms with Gasteiger partial charge in [-0.05, 0) is 66.1 Å². The summed E-state index contributed by atoms with van der Waals surface area (Å²) in [7, 11) is 0. The van der Waals surface area contributed by atoms with Gasteiger partial charge in [-0.25, -0.2) is 4.39 Å². The van der Waals surface area contributed by atoms with Crippen LogP contribution in [0.15, 0.2) is 66.0 Å². The molecular formula is C28H26FN3O2S. The molecule has 0 aliphatic carbocycles. The molecule has 0 bridgehead atoms. The van der Waals surface area contributed by atoms with Crippen LogP contribution in [-0.2, 0) is 17.8 Å². The normalized spacial score (nSPS) is 16.1. The molecule has 0 saturated carbocycles. The number of amides is 2. The molecule has 1 fully saturated rings.